The number of hydrogen-bond acceptors (Lipinski definition) is 2. The Morgan fingerprint density at radius 2 is 2.09 bits per heavy atom. The van der Waals surface area contributed by atoms with Crippen molar-refractivity contribution in [2.24, 2.45) is 0 Å². The van der Waals surface area contributed by atoms with Gasteiger partial charge < -0.3 is 0 Å². The summed E-state index contributed by atoms with van der Waals surface area (Å²) in [5, 5.41) is 10.6. The molecule has 11 heavy (non-hydrogen) atoms. The lowest BCUT2D eigenvalue weighted by molar-refractivity contribution is -0.384. The molecule has 1 aromatic carbocycles. The molecule has 0 heterocycles. The van der Waals surface area contributed by atoms with Crippen molar-refractivity contribution in [2.75, 3.05) is 0 Å². The Bertz CT molecular complexity index is 278. The Hall–Kier alpha value is -1.09. The molecule has 4 heteroatoms. The lowest BCUT2D eigenvalue weighted by Crippen LogP contribution is -1.87. The Labute approximate surface area is 68.8 Å². The first-order valence-corrected chi connectivity index (χ1v) is 3.24. The molecular weight excluding hydrogens is 166 g/mol. The highest BCUT2D eigenvalue weighted by Crippen LogP contribution is 2.19. The summed E-state index contributed by atoms with van der Waals surface area (Å²) in [4.78, 5) is 9.73. The number of nitrogens with zero attached hydrogens (tertiary/aromatic N) is 1. The maximum absolute atomic E-state index is 10.2. The molecule has 0 aliphatic rings. The lowest BCUT2D eigenvalue weighted by atomic mass is 10.2. The lowest BCUT2D eigenvalue weighted by Gasteiger charge is -1.94. The van der Waals surface area contributed by atoms with E-state index in [0.29, 0.717) is 10.6 Å². The van der Waals surface area contributed by atoms with Crippen molar-refractivity contribution >= 4 is 17.3 Å². The van der Waals surface area contributed by atoms with Crippen LogP contribution in [0.4, 0.5) is 5.69 Å². The minimum atomic E-state index is -0.499. The van der Waals surface area contributed by atoms with Crippen LogP contribution in [0.25, 0.3) is 0 Å². The third kappa shape index (κ3) is 1.91. The fraction of sp³-hybridized carbons (Fsp3) is 0. The first-order chi connectivity index (χ1) is 5.09. The van der Waals surface area contributed by atoms with Crippen molar-refractivity contribution in [2.45, 2.75) is 0 Å². The molecule has 0 saturated carbocycles. The van der Waals surface area contributed by atoms with Crippen LogP contribution in [0.5, 0.6) is 0 Å². The SMILES string of the molecule is [CH2]c1cc(Cl)cc([N+](=O)[O-])c1. The Morgan fingerprint density at radius 1 is 1.45 bits per heavy atom. The van der Waals surface area contributed by atoms with Crippen LogP contribution in [0.15, 0.2) is 18.2 Å². The Morgan fingerprint density at radius 3 is 2.55 bits per heavy atom. The third-order valence-electron chi connectivity index (χ3n) is 1.15. The zero-order chi connectivity index (χ0) is 8.43. The molecule has 0 atom stereocenters. The van der Waals surface area contributed by atoms with Crippen LogP contribution >= 0.6 is 11.6 Å². The highest BCUT2D eigenvalue weighted by molar-refractivity contribution is 6.30. The molecule has 0 aliphatic carbocycles. The summed E-state index contributed by atoms with van der Waals surface area (Å²) in [5.74, 6) is 0. The maximum Gasteiger partial charge on any atom is 0.271 e. The maximum atomic E-state index is 10.2. The van der Waals surface area contributed by atoms with Crippen LogP contribution in [0.1, 0.15) is 5.56 Å². The molecule has 0 N–H and O–H groups in total. The van der Waals surface area contributed by atoms with Crippen molar-refractivity contribution < 1.29 is 4.92 Å². The van der Waals surface area contributed by atoms with Gasteiger partial charge in [0.25, 0.3) is 5.69 Å². The second kappa shape index (κ2) is 2.88. The summed E-state index contributed by atoms with van der Waals surface area (Å²) < 4.78 is 0. The molecule has 1 rings (SSSR count). The van der Waals surface area contributed by atoms with Gasteiger partial charge in [-0.25, -0.2) is 0 Å². The largest absolute Gasteiger partial charge is 0.271 e. The van der Waals surface area contributed by atoms with Gasteiger partial charge in [-0.2, -0.15) is 0 Å². The highest BCUT2D eigenvalue weighted by atomic mass is 35.5. The molecule has 1 radical (unpaired) electrons. The van der Waals surface area contributed by atoms with Crippen LogP contribution < -0.4 is 0 Å². The van der Waals surface area contributed by atoms with E-state index < -0.39 is 4.92 Å². The zero-order valence-corrected chi connectivity index (χ0v) is 6.34. The van der Waals surface area contributed by atoms with Crippen molar-refractivity contribution in [3.63, 3.8) is 0 Å². The van der Waals surface area contributed by atoms with Crippen LogP contribution in [0.2, 0.25) is 5.02 Å². The van der Waals surface area contributed by atoms with E-state index in [-0.39, 0.29) is 5.69 Å². The monoisotopic (exact) mass is 170 g/mol. The molecule has 0 aliphatic heterocycles. The smallest absolute Gasteiger partial charge is 0.258 e. The van der Waals surface area contributed by atoms with Crippen LogP contribution in [-0.2, 0) is 0 Å². The number of nitro groups is 1. The van der Waals surface area contributed by atoms with Gasteiger partial charge in [-0.1, -0.05) is 11.6 Å². The zero-order valence-electron chi connectivity index (χ0n) is 5.58. The van der Waals surface area contributed by atoms with E-state index in [1.54, 1.807) is 6.07 Å². The minimum absolute atomic E-state index is 0.0255. The minimum Gasteiger partial charge on any atom is -0.258 e. The van der Waals surface area contributed by atoms with E-state index in [2.05, 4.69) is 6.92 Å². The van der Waals surface area contributed by atoms with Gasteiger partial charge in [0.05, 0.1) is 4.92 Å². The van der Waals surface area contributed by atoms with Gasteiger partial charge in [0.1, 0.15) is 0 Å². The van der Waals surface area contributed by atoms with Crippen LogP contribution in [0.3, 0.4) is 0 Å². The normalized spacial score (nSPS) is 9.64. The van der Waals surface area contributed by atoms with E-state index in [1.165, 1.54) is 12.1 Å². The van der Waals surface area contributed by atoms with Gasteiger partial charge in [0, 0.05) is 17.2 Å². The van der Waals surface area contributed by atoms with Crippen molar-refractivity contribution in [3.8, 4) is 0 Å². The first kappa shape index (κ1) is 8.01. The molecular formula is C7H5ClNO2. The molecule has 0 unspecified atom stereocenters. The van der Waals surface area contributed by atoms with Crippen molar-refractivity contribution in [1.82, 2.24) is 0 Å². The van der Waals surface area contributed by atoms with Gasteiger partial charge in [-0.05, 0) is 18.6 Å². The van der Waals surface area contributed by atoms with E-state index in [9.17, 15) is 10.1 Å². The summed E-state index contributed by atoms with van der Waals surface area (Å²) in [6.45, 7) is 3.54. The van der Waals surface area contributed by atoms with Gasteiger partial charge >= 0.3 is 0 Å². The van der Waals surface area contributed by atoms with Gasteiger partial charge in [-0.15, -0.1) is 0 Å². The summed E-state index contributed by atoms with van der Waals surface area (Å²) in [6, 6.07) is 4.22. The topological polar surface area (TPSA) is 43.1 Å². The fourth-order valence-electron chi connectivity index (χ4n) is 0.739. The molecule has 0 spiro atoms. The number of halogens is 1. The van der Waals surface area contributed by atoms with Crippen LogP contribution in [-0.4, -0.2) is 4.92 Å². The van der Waals surface area contributed by atoms with E-state index in [1.807, 2.05) is 0 Å². The van der Waals surface area contributed by atoms with Gasteiger partial charge in [0.2, 0.25) is 0 Å². The van der Waals surface area contributed by atoms with E-state index in [0.717, 1.165) is 0 Å². The summed E-state index contributed by atoms with van der Waals surface area (Å²) in [6.07, 6.45) is 0. The first-order valence-electron chi connectivity index (χ1n) is 2.86. The molecule has 0 amide bonds. The molecule has 0 aromatic heterocycles. The molecule has 0 bridgehead atoms. The summed E-state index contributed by atoms with van der Waals surface area (Å²) >= 11 is 5.55. The highest BCUT2D eigenvalue weighted by Gasteiger charge is 2.05. The second-order valence-electron chi connectivity index (χ2n) is 2.07. The number of hydrogen-bond donors (Lipinski definition) is 0. The second-order valence-corrected chi connectivity index (χ2v) is 2.51. The average molecular weight is 171 g/mol. The quantitative estimate of drug-likeness (QED) is 0.480. The summed E-state index contributed by atoms with van der Waals surface area (Å²) in [5.41, 5.74) is 0.520. The number of nitro benzene ring substituents is 1. The van der Waals surface area contributed by atoms with Crippen molar-refractivity contribution in [3.05, 3.63) is 45.8 Å². The molecule has 1 aromatic rings. The third-order valence-corrected chi connectivity index (χ3v) is 1.37. The van der Waals surface area contributed by atoms with E-state index in [4.69, 9.17) is 11.6 Å². The predicted octanol–water partition coefficient (Wildman–Crippen LogP) is 2.43. The number of benzene rings is 1. The standard InChI is InChI=1S/C7H5ClNO2/c1-5-2-6(8)4-7(3-5)9(10)11/h2-4H,1H2. The van der Waals surface area contributed by atoms with Crippen molar-refractivity contribution in [1.29, 1.82) is 0 Å². The predicted molar refractivity (Wildman–Crippen MR) is 42.6 cm³/mol. The molecule has 57 valence electrons. The number of non-ortho nitro benzene ring substituents is 1. The van der Waals surface area contributed by atoms with Gasteiger partial charge in [-0.3, -0.25) is 10.1 Å². The molecule has 3 nitrogen and oxygen atoms in total. The van der Waals surface area contributed by atoms with Crippen LogP contribution in [0, 0.1) is 17.0 Å². The van der Waals surface area contributed by atoms with E-state index >= 15 is 0 Å². The molecule has 0 fully saturated rings. The average Bonchev–Trinajstić information content (AvgIpc) is 1.85. The Kier molecular flexibility index (Phi) is 2.10. The Balaban J connectivity index is 3.19. The summed E-state index contributed by atoms with van der Waals surface area (Å²) in [7, 11) is 0. The number of rotatable bonds is 1. The fourth-order valence-corrected chi connectivity index (χ4v) is 0.991. The molecule has 0 saturated heterocycles. The van der Waals surface area contributed by atoms with Gasteiger partial charge in [0.15, 0.2) is 0 Å².